The fourth-order valence-electron chi connectivity index (χ4n) is 5.91. The van der Waals surface area contributed by atoms with Crippen LogP contribution >= 0.6 is 0 Å². The third-order valence-corrected chi connectivity index (χ3v) is 7.95. The van der Waals surface area contributed by atoms with E-state index in [1.807, 2.05) is 29.2 Å². The largest absolute Gasteiger partial charge is 0.508 e. The number of ether oxygens (including phenoxy) is 4. The van der Waals surface area contributed by atoms with E-state index in [4.69, 9.17) is 18.9 Å². The van der Waals surface area contributed by atoms with Crippen LogP contribution in [-0.2, 0) is 0 Å². The van der Waals surface area contributed by atoms with E-state index in [0.717, 1.165) is 36.4 Å². The molecule has 0 aromatic heterocycles. The van der Waals surface area contributed by atoms with E-state index in [9.17, 15) is 9.90 Å². The Morgan fingerprint density at radius 3 is 1.97 bits per heavy atom. The maximum atomic E-state index is 13.5. The Labute approximate surface area is 223 Å². The van der Waals surface area contributed by atoms with Gasteiger partial charge >= 0.3 is 0 Å². The highest BCUT2D eigenvalue weighted by molar-refractivity contribution is 5.95. The predicted octanol–water partition coefficient (Wildman–Crippen LogP) is 4.91. The van der Waals surface area contributed by atoms with Crippen LogP contribution in [0.1, 0.15) is 34.8 Å². The molecule has 0 saturated carbocycles. The number of aromatic hydroxyl groups is 1. The molecule has 0 radical (unpaired) electrons. The van der Waals surface area contributed by atoms with Gasteiger partial charge in [0.25, 0.3) is 5.91 Å². The van der Waals surface area contributed by atoms with Gasteiger partial charge in [-0.25, -0.2) is 0 Å². The average molecular weight is 519 g/mol. The normalized spacial score (nSPS) is 18.1. The van der Waals surface area contributed by atoms with Gasteiger partial charge in [0.15, 0.2) is 11.5 Å². The second kappa shape index (κ2) is 10.4. The van der Waals surface area contributed by atoms with Crippen molar-refractivity contribution in [2.45, 2.75) is 18.9 Å². The lowest BCUT2D eigenvalue weighted by molar-refractivity contribution is 0.0271. The van der Waals surface area contributed by atoms with Crippen molar-refractivity contribution in [3.63, 3.8) is 0 Å². The molecule has 2 fully saturated rings. The van der Waals surface area contributed by atoms with Gasteiger partial charge in [-0.2, -0.15) is 0 Å². The predicted molar refractivity (Wildman–Crippen MR) is 145 cm³/mol. The summed E-state index contributed by atoms with van der Waals surface area (Å²) in [6, 6.07) is 19.2. The van der Waals surface area contributed by atoms with Gasteiger partial charge in [-0.05, 0) is 66.9 Å². The van der Waals surface area contributed by atoms with Crippen LogP contribution < -0.4 is 23.8 Å². The lowest BCUT2D eigenvalue weighted by Crippen LogP contribution is -2.62. The van der Waals surface area contributed by atoms with Crippen LogP contribution in [-0.4, -0.2) is 64.0 Å². The molecule has 0 bridgehead atoms. The Balaban J connectivity index is 1.37. The summed E-state index contributed by atoms with van der Waals surface area (Å²) in [5, 5.41) is 9.89. The van der Waals surface area contributed by atoms with Gasteiger partial charge in [-0.3, -0.25) is 4.79 Å². The molecule has 2 aliphatic heterocycles. The molecule has 1 N–H and O–H groups in total. The smallest absolute Gasteiger partial charge is 0.254 e. The first-order valence-electron chi connectivity index (χ1n) is 12.7. The van der Waals surface area contributed by atoms with Crippen LogP contribution in [0.3, 0.4) is 0 Å². The van der Waals surface area contributed by atoms with Crippen molar-refractivity contribution >= 4 is 11.6 Å². The molecule has 1 spiro atoms. The molecule has 5 rings (SSSR count). The number of hydrogen-bond acceptors (Lipinski definition) is 7. The zero-order valence-electron chi connectivity index (χ0n) is 22.3. The van der Waals surface area contributed by atoms with E-state index in [2.05, 4.69) is 17.0 Å². The summed E-state index contributed by atoms with van der Waals surface area (Å²) in [7, 11) is 6.31. The first-order chi connectivity index (χ1) is 18.4. The van der Waals surface area contributed by atoms with Crippen LogP contribution in [0.2, 0.25) is 0 Å². The van der Waals surface area contributed by atoms with Gasteiger partial charge in [-0.15, -0.1) is 0 Å². The van der Waals surface area contributed by atoms with Crippen LogP contribution in [0, 0.1) is 5.41 Å². The van der Waals surface area contributed by atoms with Crippen molar-refractivity contribution in [3.8, 4) is 28.7 Å². The van der Waals surface area contributed by atoms with Crippen molar-refractivity contribution in [1.29, 1.82) is 0 Å². The van der Waals surface area contributed by atoms with E-state index in [-0.39, 0.29) is 23.1 Å². The van der Waals surface area contributed by atoms with Crippen LogP contribution in [0.5, 0.6) is 28.7 Å². The van der Waals surface area contributed by atoms with Gasteiger partial charge < -0.3 is 33.9 Å². The molecular weight excluding hydrogens is 484 g/mol. The lowest BCUT2D eigenvalue weighted by atomic mass is 9.63. The fraction of sp³-hybridized carbons (Fsp3) is 0.367. The molecule has 2 aliphatic rings. The van der Waals surface area contributed by atoms with E-state index < -0.39 is 0 Å². The number of amides is 1. The number of nitrogens with zero attached hydrogens (tertiary/aromatic N) is 2. The van der Waals surface area contributed by atoms with Gasteiger partial charge in [-0.1, -0.05) is 12.1 Å². The van der Waals surface area contributed by atoms with Crippen molar-refractivity contribution in [2.75, 3.05) is 53.0 Å². The summed E-state index contributed by atoms with van der Waals surface area (Å²) in [6.07, 6.45) is 1.75. The molecule has 8 heteroatoms. The number of benzene rings is 3. The van der Waals surface area contributed by atoms with Gasteiger partial charge in [0.2, 0.25) is 5.75 Å². The molecule has 1 unspecified atom stereocenters. The quantitative estimate of drug-likeness (QED) is 0.476. The number of carbonyl (C=O) groups is 1. The van der Waals surface area contributed by atoms with Crippen molar-refractivity contribution in [2.24, 2.45) is 5.41 Å². The van der Waals surface area contributed by atoms with Crippen LogP contribution in [0.15, 0.2) is 60.7 Å². The molecule has 8 nitrogen and oxygen atoms in total. The first kappa shape index (κ1) is 25.6. The summed E-state index contributed by atoms with van der Waals surface area (Å²) in [6.45, 7) is 2.21. The number of rotatable bonds is 7. The monoisotopic (exact) mass is 518 g/mol. The number of methoxy groups -OCH3 is 4. The second-order valence-corrected chi connectivity index (χ2v) is 9.89. The minimum atomic E-state index is -0.0494. The van der Waals surface area contributed by atoms with Crippen molar-refractivity contribution in [3.05, 3.63) is 71.8 Å². The maximum absolute atomic E-state index is 13.5. The SMILES string of the molecule is COc1ccc(N2CC3(CCN(C(=O)c4cc(OC)c(OC)c(OC)c4)CC3)C2c2ccc(O)cc2)cc1. The first-order valence-corrected chi connectivity index (χ1v) is 12.7. The minimum absolute atomic E-state index is 0.0307. The third kappa shape index (κ3) is 4.44. The highest BCUT2D eigenvalue weighted by atomic mass is 16.5. The fourth-order valence-corrected chi connectivity index (χ4v) is 5.91. The third-order valence-electron chi connectivity index (χ3n) is 7.95. The maximum Gasteiger partial charge on any atom is 0.254 e. The number of phenols is 1. The van der Waals surface area contributed by atoms with Gasteiger partial charge in [0.1, 0.15) is 11.5 Å². The molecular formula is C30H34N2O6. The molecule has 2 heterocycles. The van der Waals surface area contributed by atoms with Crippen molar-refractivity contribution < 1.29 is 28.8 Å². The molecule has 3 aromatic carbocycles. The second-order valence-electron chi connectivity index (χ2n) is 9.89. The number of phenolic OH excluding ortho intramolecular Hbond substituents is 1. The molecule has 0 aliphatic carbocycles. The van der Waals surface area contributed by atoms with Gasteiger partial charge in [0.05, 0.1) is 34.5 Å². The minimum Gasteiger partial charge on any atom is -0.508 e. The van der Waals surface area contributed by atoms with E-state index in [1.54, 1.807) is 52.7 Å². The standard InChI is InChI=1S/C30H34N2O6/c1-35-24-11-7-22(8-12-24)32-19-30(28(32)20-5-9-23(33)10-6-20)13-15-31(16-14-30)29(34)21-17-25(36-2)27(38-4)26(18-21)37-3/h5-12,17-18,28,33H,13-16,19H2,1-4H3. The van der Waals surface area contributed by atoms with Gasteiger partial charge in [0, 0.05) is 36.3 Å². The Hall–Kier alpha value is -4.07. The van der Waals surface area contributed by atoms with Crippen LogP contribution in [0.25, 0.3) is 0 Å². The summed E-state index contributed by atoms with van der Waals surface area (Å²) >= 11 is 0. The Morgan fingerprint density at radius 1 is 0.842 bits per heavy atom. The topological polar surface area (TPSA) is 80.7 Å². The van der Waals surface area contributed by atoms with Crippen molar-refractivity contribution in [1.82, 2.24) is 4.90 Å². The molecule has 200 valence electrons. The number of hydrogen-bond donors (Lipinski definition) is 1. The molecule has 38 heavy (non-hydrogen) atoms. The highest BCUT2D eigenvalue weighted by Gasteiger charge is 2.54. The number of anilines is 1. The Bertz CT molecular complexity index is 1260. The number of piperidine rings is 1. The summed E-state index contributed by atoms with van der Waals surface area (Å²) in [4.78, 5) is 17.8. The number of likely N-dealkylation sites (tertiary alicyclic amines) is 1. The van der Waals surface area contributed by atoms with E-state index in [0.29, 0.717) is 35.9 Å². The Morgan fingerprint density at radius 2 is 1.45 bits per heavy atom. The lowest BCUT2D eigenvalue weighted by Gasteiger charge is -2.61. The molecule has 2 saturated heterocycles. The summed E-state index contributed by atoms with van der Waals surface area (Å²) < 4.78 is 21.6. The van der Waals surface area contributed by atoms with E-state index in [1.165, 1.54) is 0 Å². The zero-order chi connectivity index (χ0) is 26.9. The molecule has 3 aromatic rings. The highest BCUT2D eigenvalue weighted by Crippen LogP contribution is 2.56. The zero-order valence-corrected chi connectivity index (χ0v) is 22.3. The Kier molecular flexibility index (Phi) is 6.97. The summed E-state index contributed by atoms with van der Waals surface area (Å²) in [5.74, 6) is 2.42. The van der Waals surface area contributed by atoms with E-state index >= 15 is 0 Å². The number of carbonyl (C=O) groups excluding carboxylic acids is 1. The molecule has 1 amide bonds. The average Bonchev–Trinajstić information content (AvgIpc) is 2.96. The summed E-state index contributed by atoms with van der Waals surface area (Å²) in [5.41, 5.74) is 2.84. The van der Waals surface area contributed by atoms with Crippen LogP contribution in [0.4, 0.5) is 5.69 Å². The molecule has 1 atom stereocenters.